The zero-order valence-electron chi connectivity index (χ0n) is 20.2. The molecule has 0 bridgehead atoms. The molecule has 0 radical (unpaired) electrons. The molecular weight excluding hydrogens is 454 g/mol. The average molecular weight is 486 g/mol. The van der Waals surface area contributed by atoms with E-state index in [1.54, 1.807) is 11.6 Å². The van der Waals surface area contributed by atoms with Gasteiger partial charge in [0.2, 0.25) is 5.91 Å². The predicted octanol–water partition coefficient (Wildman–Crippen LogP) is 2.64. The van der Waals surface area contributed by atoms with Crippen molar-refractivity contribution in [1.29, 1.82) is 0 Å². The van der Waals surface area contributed by atoms with Gasteiger partial charge in [-0.15, -0.1) is 5.10 Å². The summed E-state index contributed by atoms with van der Waals surface area (Å²) in [5.41, 5.74) is 1.85. The zero-order chi connectivity index (χ0) is 25.2. The van der Waals surface area contributed by atoms with Crippen molar-refractivity contribution >= 4 is 17.6 Å². The zero-order valence-corrected chi connectivity index (χ0v) is 20.2. The molecule has 0 spiro atoms. The first-order valence-corrected chi connectivity index (χ1v) is 11.3. The lowest BCUT2D eigenvalue weighted by Gasteiger charge is -2.14. The van der Waals surface area contributed by atoms with E-state index in [0.29, 0.717) is 30.4 Å². The number of ether oxygens (including phenoxy) is 2. The Bertz CT molecular complexity index is 1120. The number of carbonyl (C=O) groups is 2. The van der Waals surface area contributed by atoms with Gasteiger partial charge in [-0.2, -0.15) is 0 Å². The molecule has 11 heteroatoms. The van der Waals surface area contributed by atoms with Crippen LogP contribution >= 0.6 is 0 Å². The molecule has 11 nitrogen and oxygen atoms in total. The number of rotatable bonds is 14. The van der Waals surface area contributed by atoms with Crippen molar-refractivity contribution in [2.24, 2.45) is 0 Å². The lowest BCUT2D eigenvalue weighted by atomic mass is 10.2. The number of carboxylic acid groups (broad SMARTS) is 1. The van der Waals surface area contributed by atoms with E-state index in [-0.39, 0.29) is 37.6 Å². The fraction of sp³-hybridized carbons (Fsp3) is 0.417. The standard InChI is InChI=1S/C24H31N5O6/c1-17-22(24(31)32)13-21(35-17)14-25-23(30)8-11-33-16-18-15-29(27-26-18)9-5-10-34-20-7-4-6-19(12-20)28(2)3/h4,6-7,12-13,15H,5,8-11,14,16H2,1-3H3,(H,25,30)(H,31,32). The maximum Gasteiger partial charge on any atom is 0.339 e. The molecule has 2 aromatic heterocycles. The number of benzene rings is 1. The number of nitrogens with zero attached hydrogens (tertiary/aromatic N) is 4. The van der Waals surface area contributed by atoms with Crippen LogP contribution in [-0.4, -0.2) is 59.3 Å². The van der Waals surface area contributed by atoms with Crippen LogP contribution in [-0.2, 0) is 29.2 Å². The van der Waals surface area contributed by atoms with Crippen LogP contribution in [0.25, 0.3) is 0 Å². The highest BCUT2D eigenvalue weighted by atomic mass is 16.5. The van der Waals surface area contributed by atoms with Gasteiger partial charge in [-0.05, 0) is 25.1 Å². The minimum absolute atomic E-state index is 0.0907. The molecule has 0 fully saturated rings. The highest BCUT2D eigenvalue weighted by Gasteiger charge is 2.14. The van der Waals surface area contributed by atoms with Crippen LogP contribution in [0.15, 0.2) is 40.9 Å². The fourth-order valence-corrected chi connectivity index (χ4v) is 3.24. The SMILES string of the molecule is Cc1oc(CNC(=O)CCOCc2cn(CCCOc3cccc(N(C)C)c3)nn2)cc1C(=O)O. The number of carbonyl (C=O) groups excluding carboxylic acids is 1. The third kappa shape index (κ3) is 8.14. The van der Waals surface area contributed by atoms with Crippen LogP contribution in [0.5, 0.6) is 5.75 Å². The molecule has 0 aliphatic carbocycles. The average Bonchev–Trinajstić information content (AvgIpc) is 3.44. The number of anilines is 1. The van der Waals surface area contributed by atoms with Gasteiger partial charge in [-0.1, -0.05) is 11.3 Å². The van der Waals surface area contributed by atoms with E-state index < -0.39 is 5.97 Å². The van der Waals surface area contributed by atoms with E-state index >= 15 is 0 Å². The number of hydrogen-bond acceptors (Lipinski definition) is 8. The Hall–Kier alpha value is -3.86. The van der Waals surface area contributed by atoms with E-state index in [0.717, 1.165) is 17.9 Å². The molecule has 188 valence electrons. The highest BCUT2D eigenvalue weighted by molar-refractivity contribution is 5.88. The van der Waals surface area contributed by atoms with Crippen molar-refractivity contribution in [3.05, 3.63) is 59.3 Å². The van der Waals surface area contributed by atoms with Crippen molar-refractivity contribution in [3.63, 3.8) is 0 Å². The van der Waals surface area contributed by atoms with Crippen LogP contribution in [0, 0.1) is 6.92 Å². The minimum atomic E-state index is -1.06. The van der Waals surface area contributed by atoms with Crippen molar-refractivity contribution < 1.29 is 28.6 Å². The van der Waals surface area contributed by atoms with Gasteiger partial charge in [0.15, 0.2) is 0 Å². The second-order valence-electron chi connectivity index (χ2n) is 8.13. The Labute approximate surface area is 203 Å². The Morgan fingerprint density at radius 1 is 1.23 bits per heavy atom. The normalized spacial score (nSPS) is 10.8. The quantitative estimate of drug-likeness (QED) is 0.331. The van der Waals surface area contributed by atoms with E-state index in [1.165, 1.54) is 6.07 Å². The third-order valence-electron chi connectivity index (χ3n) is 5.10. The van der Waals surface area contributed by atoms with E-state index in [2.05, 4.69) is 15.6 Å². The maximum absolute atomic E-state index is 12.0. The second kappa shape index (κ2) is 12.6. The molecular formula is C24H31N5O6. The van der Waals surface area contributed by atoms with E-state index in [9.17, 15) is 9.59 Å². The van der Waals surface area contributed by atoms with Crippen molar-refractivity contribution in [2.75, 3.05) is 32.2 Å². The topological polar surface area (TPSA) is 132 Å². The minimum Gasteiger partial charge on any atom is -0.493 e. The summed E-state index contributed by atoms with van der Waals surface area (Å²) in [6, 6.07) is 9.34. The molecule has 3 rings (SSSR count). The van der Waals surface area contributed by atoms with Crippen molar-refractivity contribution in [2.45, 2.75) is 39.5 Å². The first kappa shape index (κ1) is 25.8. The second-order valence-corrected chi connectivity index (χ2v) is 8.13. The number of aromatic carboxylic acids is 1. The molecule has 2 N–H and O–H groups in total. The summed E-state index contributed by atoms with van der Waals surface area (Å²) in [4.78, 5) is 25.0. The fourth-order valence-electron chi connectivity index (χ4n) is 3.24. The van der Waals surface area contributed by atoms with Gasteiger partial charge in [0.25, 0.3) is 0 Å². The number of furan rings is 1. The van der Waals surface area contributed by atoms with Crippen molar-refractivity contribution in [1.82, 2.24) is 20.3 Å². The predicted molar refractivity (Wildman–Crippen MR) is 127 cm³/mol. The van der Waals surface area contributed by atoms with Gasteiger partial charge in [-0.25, -0.2) is 4.79 Å². The molecule has 35 heavy (non-hydrogen) atoms. The number of amides is 1. The van der Waals surface area contributed by atoms with Gasteiger partial charge >= 0.3 is 5.97 Å². The first-order valence-electron chi connectivity index (χ1n) is 11.3. The number of carboxylic acids is 1. The summed E-state index contributed by atoms with van der Waals surface area (Å²) >= 11 is 0. The Kier molecular flexibility index (Phi) is 9.24. The Balaban J connectivity index is 1.28. The molecule has 2 heterocycles. The van der Waals surface area contributed by atoms with Crippen LogP contribution in [0.4, 0.5) is 5.69 Å². The van der Waals surface area contributed by atoms with Crippen LogP contribution in [0.2, 0.25) is 0 Å². The summed E-state index contributed by atoms with van der Waals surface area (Å²) in [5, 5.41) is 19.9. The molecule has 1 amide bonds. The van der Waals surface area contributed by atoms with Crippen LogP contribution in [0.3, 0.4) is 0 Å². The smallest absolute Gasteiger partial charge is 0.339 e. The molecule has 0 saturated heterocycles. The molecule has 0 atom stereocenters. The first-order chi connectivity index (χ1) is 16.8. The third-order valence-corrected chi connectivity index (χ3v) is 5.10. The lowest BCUT2D eigenvalue weighted by Crippen LogP contribution is -2.23. The maximum atomic E-state index is 12.0. The number of hydrogen-bond donors (Lipinski definition) is 2. The van der Waals surface area contributed by atoms with Gasteiger partial charge in [-0.3, -0.25) is 9.48 Å². The molecule has 0 aliphatic rings. The van der Waals surface area contributed by atoms with Crippen LogP contribution < -0.4 is 15.0 Å². The summed E-state index contributed by atoms with van der Waals surface area (Å²) in [6.45, 7) is 3.38. The molecule has 0 unspecified atom stereocenters. The molecule has 3 aromatic rings. The largest absolute Gasteiger partial charge is 0.493 e. The van der Waals surface area contributed by atoms with Gasteiger partial charge in [0.1, 0.15) is 28.5 Å². The van der Waals surface area contributed by atoms with Crippen molar-refractivity contribution in [3.8, 4) is 5.75 Å². The highest BCUT2D eigenvalue weighted by Crippen LogP contribution is 2.19. The number of aryl methyl sites for hydroxylation is 2. The molecule has 0 saturated carbocycles. The number of aromatic nitrogens is 3. The Morgan fingerprint density at radius 3 is 2.80 bits per heavy atom. The monoisotopic (exact) mass is 485 g/mol. The lowest BCUT2D eigenvalue weighted by molar-refractivity contribution is -0.122. The van der Waals surface area contributed by atoms with Gasteiger partial charge in [0, 0.05) is 45.2 Å². The molecule has 1 aromatic carbocycles. The summed E-state index contributed by atoms with van der Waals surface area (Å²) in [7, 11) is 3.98. The van der Waals surface area contributed by atoms with Gasteiger partial charge < -0.3 is 29.2 Å². The summed E-state index contributed by atoms with van der Waals surface area (Å²) in [6.07, 6.45) is 2.75. The van der Waals surface area contributed by atoms with Gasteiger partial charge in [0.05, 0.1) is 32.6 Å². The van der Waals surface area contributed by atoms with E-state index in [4.69, 9.17) is 19.0 Å². The van der Waals surface area contributed by atoms with E-state index in [1.807, 2.05) is 49.5 Å². The molecule has 0 aliphatic heterocycles. The summed E-state index contributed by atoms with van der Waals surface area (Å²) in [5.74, 6) is 0.236. The summed E-state index contributed by atoms with van der Waals surface area (Å²) < 4.78 is 18.4. The van der Waals surface area contributed by atoms with Crippen LogP contribution in [0.1, 0.15) is 40.4 Å². The number of nitrogens with one attached hydrogen (secondary N) is 1. The Morgan fingerprint density at radius 2 is 2.06 bits per heavy atom.